The Morgan fingerprint density at radius 3 is 2.24 bits per heavy atom. The monoisotopic (exact) mass is 473 g/mol. The molecule has 2 aromatic rings. The third-order valence-electron chi connectivity index (χ3n) is 5.80. The smallest absolute Gasteiger partial charge is 0.240 e. The van der Waals surface area contributed by atoms with Crippen LogP contribution in [0.15, 0.2) is 53.4 Å². The van der Waals surface area contributed by atoms with Crippen LogP contribution in [0.3, 0.4) is 0 Å². The average Bonchev–Trinajstić information content (AvgIpc) is 2.79. The van der Waals surface area contributed by atoms with Crippen molar-refractivity contribution in [3.8, 4) is 5.75 Å². The van der Waals surface area contributed by atoms with Crippen molar-refractivity contribution in [2.24, 2.45) is 0 Å². The molecule has 1 saturated heterocycles. The Balaban J connectivity index is 1.49. The van der Waals surface area contributed by atoms with Crippen molar-refractivity contribution in [2.75, 3.05) is 44.2 Å². The van der Waals surface area contributed by atoms with E-state index in [0.29, 0.717) is 32.8 Å². The fourth-order valence-corrected chi connectivity index (χ4v) is 4.89. The highest BCUT2D eigenvalue weighted by Crippen LogP contribution is 2.29. The third kappa shape index (κ3) is 6.48. The molecule has 0 radical (unpaired) electrons. The normalized spacial score (nSPS) is 14.9. The summed E-state index contributed by atoms with van der Waals surface area (Å²) in [4.78, 5) is 16.9. The zero-order chi connectivity index (χ0) is 24.1. The largest absolute Gasteiger partial charge is 0.492 e. The number of anilines is 1. The van der Waals surface area contributed by atoms with Crippen molar-refractivity contribution in [1.82, 2.24) is 9.62 Å². The van der Waals surface area contributed by atoms with Crippen LogP contribution in [0.2, 0.25) is 0 Å². The lowest BCUT2D eigenvalue weighted by Crippen LogP contribution is -2.49. The predicted molar refractivity (Wildman–Crippen MR) is 131 cm³/mol. The van der Waals surface area contributed by atoms with Crippen LogP contribution < -0.4 is 14.4 Å². The predicted octanol–water partition coefficient (Wildman–Crippen LogP) is 3.40. The van der Waals surface area contributed by atoms with Gasteiger partial charge in [-0.25, -0.2) is 13.1 Å². The summed E-state index contributed by atoms with van der Waals surface area (Å²) in [7, 11) is -3.65. The van der Waals surface area contributed by atoms with E-state index < -0.39 is 10.0 Å². The van der Waals surface area contributed by atoms with Gasteiger partial charge in [-0.1, -0.05) is 45.0 Å². The number of carbonyl (C=O) groups is 1. The lowest BCUT2D eigenvalue weighted by atomic mass is 9.87. The number of rotatable bonds is 8. The van der Waals surface area contributed by atoms with Crippen LogP contribution in [-0.2, 0) is 20.2 Å². The molecule has 0 bridgehead atoms. The van der Waals surface area contributed by atoms with Gasteiger partial charge in [0.15, 0.2) is 0 Å². The third-order valence-corrected chi connectivity index (χ3v) is 7.28. The Bertz CT molecular complexity index is 1040. The van der Waals surface area contributed by atoms with Crippen LogP contribution in [-0.4, -0.2) is 58.6 Å². The number of ether oxygens (including phenoxy) is 1. The maximum atomic E-state index is 12.6. The number of carbonyl (C=O) groups excluding carboxylic acids is 1. The van der Waals surface area contributed by atoms with Gasteiger partial charge in [0.05, 0.1) is 17.2 Å². The van der Waals surface area contributed by atoms with Crippen molar-refractivity contribution in [3.05, 3.63) is 54.1 Å². The molecule has 1 aliphatic heterocycles. The molecule has 1 fully saturated rings. The van der Waals surface area contributed by atoms with Crippen molar-refractivity contribution in [2.45, 2.75) is 44.4 Å². The molecule has 1 heterocycles. The van der Waals surface area contributed by atoms with Gasteiger partial charge in [-0.15, -0.1) is 0 Å². The van der Waals surface area contributed by atoms with E-state index in [2.05, 4.69) is 30.4 Å². The van der Waals surface area contributed by atoms with E-state index in [1.165, 1.54) is 0 Å². The Morgan fingerprint density at radius 1 is 1.00 bits per heavy atom. The van der Waals surface area contributed by atoms with E-state index in [0.717, 1.165) is 17.0 Å². The first-order valence-corrected chi connectivity index (χ1v) is 12.9. The van der Waals surface area contributed by atoms with Gasteiger partial charge < -0.3 is 14.5 Å². The zero-order valence-electron chi connectivity index (χ0n) is 20.0. The summed E-state index contributed by atoms with van der Waals surface area (Å²) in [6.07, 6.45) is 0.134. The van der Waals surface area contributed by atoms with E-state index in [9.17, 15) is 13.2 Å². The van der Waals surface area contributed by atoms with E-state index in [-0.39, 0.29) is 29.2 Å². The second-order valence-electron chi connectivity index (χ2n) is 9.19. The number of sulfonamides is 1. The van der Waals surface area contributed by atoms with Crippen molar-refractivity contribution in [3.63, 3.8) is 0 Å². The first-order chi connectivity index (χ1) is 15.6. The first-order valence-electron chi connectivity index (χ1n) is 11.5. The molecule has 3 rings (SSSR count). The minimum Gasteiger partial charge on any atom is -0.492 e. The Labute approximate surface area is 197 Å². The molecule has 1 N–H and O–H groups in total. The number of hydrogen-bond acceptors (Lipinski definition) is 5. The molecule has 2 aromatic carbocycles. The second kappa shape index (κ2) is 10.6. The second-order valence-corrected chi connectivity index (χ2v) is 11.0. The number of amides is 1. The number of nitrogens with zero attached hydrogens (tertiary/aromatic N) is 2. The Hall–Kier alpha value is -2.58. The number of nitrogens with one attached hydrogen (secondary N) is 1. The van der Waals surface area contributed by atoms with Gasteiger partial charge >= 0.3 is 0 Å². The molecule has 180 valence electrons. The lowest BCUT2D eigenvalue weighted by Gasteiger charge is -2.36. The molecule has 33 heavy (non-hydrogen) atoms. The van der Waals surface area contributed by atoms with Gasteiger partial charge in [0.2, 0.25) is 15.9 Å². The average molecular weight is 474 g/mol. The molecule has 0 saturated carbocycles. The maximum Gasteiger partial charge on any atom is 0.240 e. The molecular weight excluding hydrogens is 438 g/mol. The minimum atomic E-state index is -3.65. The highest BCUT2D eigenvalue weighted by molar-refractivity contribution is 7.89. The zero-order valence-corrected chi connectivity index (χ0v) is 20.8. The van der Waals surface area contributed by atoms with Gasteiger partial charge in [-0.3, -0.25) is 4.79 Å². The van der Waals surface area contributed by atoms with E-state index in [1.54, 1.807) is 17.0 Å². The number of hydrogen-bond donors (Lipinski definition) is 1. The van der Waals surface area contributed by atoms with Crippen LogP contribution >= 0.6 is 0 Å². The maximum absolute atomic E-state index is 12.6. The van der Waals surface area contributed by atoms with Gasteiger partial charge in [-0.2, -0.15) is 0 Å². The molecule has 0 aromatic heterocycles. The molecule has 0 aliphatic carbocycles. The van der Waals surface area contributed by atoms with Crippen LogP contribution in [0.1, 0.15) is 39.7 Å². The SMILES string of the molecule is CCOc1ccccc1N1CCN(C(=O)CCNS(=O)(=O)c2ccc(C(C)(C)C)cc2)CC1. The Kier molecular flexibility index (Phi) is 8.02. The van der Waals surface area contributed by atoms with Gasteiger partial charge in [-0.05, 0) is 42.2 Å². The number of benzene rings is 2. The van der Waals surface area contributed by atoms with E-state index in [4.69, 9.17) is 4.74 Å². The lowest BCUT2D eigenvalue weighted by molar-refractivity contribution is -0.131. The summed E-state index contributed by atoms with van der Waals surface area (Å²) in [6.45, 7) is 11.5. The van der Waals surface area contributed by atoms with E-state index >= 15 is 0 Å². The van der Waals surface area contributed by atoms with Crippen LogP contribution in [0.25, 0.3) is 0 Å². The highest BCUT2D eigenvalue weighted by atomic mass is 32.2. The summed E-state index contributed by atoms with van der Waals surface area (Å²) in [6, 6.07) is 14.8. The minimum absolute atomic E-state index is 0.0430. The number of piperazine rings is 1. The fraction of sp³-hybridized carbons (Fsp3) is 0.480. The summed E-state index contributed by atoms with van der Waals surface area (Å²) in [5.74, 6) is 0.809. The molecule has 1 aliphatic rings. The van der Waals surface area contributed by atoms with Crippen molar-refractivity contribution >= 4 is 21.6 Å². The molecule has 8 heteroatoms. The quantitative estimate of drug-likeness (QED) is 0.636. The number of para-hydroxylation sites is 2. The summed E-state index contributed by atoms with van der Waals surface area (Å²) in [5, 5.41) is 0. The molecule has 7 nitrogen and oxygen atoms in total. The standard InChI is InChI=1S/C25H35N3O4S/c1-5-32-23-9-7-6-8-22(23)27-16-18-28(19-17-27)24(29)14-15-26-33(30,31)21-12-10-20(11-13-21)25(2,3)4/h6-13,26H,5,14-19H2,1-4H3. The van der Waals surface area contributed by atoms with Crippen LogP contribution in [0.5, 0.6) is 5.75 Å². The molecule has 0 atom stereocenters. The molecule has 0 unspecified atom stereocenters. The van der Waals surface area contributed by atoms with Crippen LogP contribution in [0, 0.1) is 0 Å². The topological polar surface area (TPSA) is 79.0 Å². The Morgan fingerprint density at radius 2 is 1.64 bits per heavy atom. The summed E-state index contributed by atoms with van der Waals surface area (Å²) in [5.41, 5.74) is 2.06. The van der Waals surface area contributed by atoms with Gasteiger partial charge in [0.1, 0.15) is 5.75 Å². The van der Waals surface area contributed by atoms with Gasteiger partial charge in [0, 0.05) is 39.1 Å². The van der Waals surface area contributed by atoms with Crippen molar-refractivity contribution < 1.29 is 17.9 Å². The summed E-state index contributed by atoms with van der Waals surface area (Å²) >= 11 is 0. The van der Waals surface area contributed by atoms with Gasteiger partial charge in [0.25, 0.3) is 0 Å². The molecule has 0 spiro atoms. The highest BCUT2D eigenvalue weighted by Gasteiger charge is 2.23. The molecule has 1 amide bonds. The summed E-state index contributed by atoms with van der Waals surface area (Å²) < 4.78 is 33.4. The fourth-order valence-electron chi connectivity index (χ4n) is 3.86. The van der Waals surface area contributed by atoms with Crippen molar-refractivity contribution in [1.29, 1.82) is 0 Å². The van der Waals surface area contributed by atoms with E-state index in [1.807, 2.05) is 43.3 Å². The van der Waals surface area contributed by atoms with Crippen LogP contribution in [0.4, 0.5) is 5.69 Å². The first kappa shape index (κ1) is 25.1. The molecular formula is C25H35N3O4S.